The van der Waals surface area contributed by atoms with Gasteiger partial charge in [-0.25, -0.2) is 4.98 Å². The molecule has 1 aromatic heterocycles. The number of nitrogens with two attached hydrogens (primary N) is 1. The van der Waals surface area contributed by atoms with Gasteiger partial charge >= 0.3 is 0 Å². The van der Waals surface area contributed by atoms with Crippen LogP contribution in [0.5, 0.6) is 0 Å². The van der Waals surface area contributed by atoms with Gasteiger partial charge in [-0.2, -0.15) is 4.98 Å². The summed E-state index contributed by atoms with van der Waals surface area (Å²) in [4.78, 5) is 21.4. The summed E-state index contributed by atoms with van der Waals surface area (Å²) < 4.78 is 0. The monoisotopic (exact) mass is 190 g/mol. The molecular weight excluding hydrogens is 180 g/mol. The van der Waals surface area contributed by atoms with Crippen LogP contribution in [0, 0.1) is 11.8 Å². The molecule has 1 aromatic rings. The predicted octanol–water partition coefficient (Wildman–Crippen LogP) is 0.0415. The highest BCUT2D eigenvalue weighted by atomic mass is 16.2. The molecule has 0 aromatic carbocycles. The number of carbonyl (C=O) groups is 1. The van der Waals surface area contributed by atoms with E-state index in [-0.39, 0.29) is 11.8 Å². The molecule has 1 saturated heterocycles. The van der Waals surface area contributed by atoms with Crippen molar-refractivity contribution in [3.8, 4) is 0 Å². The third-order valence-electron chi connectivity index (χ3n) is 2.83. The summed E-state index contributed by atoms with van der Waals surface area (Å²) in [5.74, 6) is 1.78. The second-order valence-electron chi connectivity index (χ2n) is 3.83. The van der Waals surface area contributed by atoms with Gasteiger partial charge in [-0.1, -0.05) is 0 Å². The van der Waals surface area contributed by atoms with Crippen molar-refractivity contribution in [2.24, 2.45) is 11.8 Å². The molecule has 2 atom stereocenters. The van der Waals surface area contributed by atoms with E-state index in [1.165, 1.54) is 0 Å². The minimum Gasteiger partial charge on any atom is -0.384 e. The van der Waals surface area contributed by atoms with E-state index in [2.05, 4.69) is 9.97 Å². The van der Waals surface area contributed by atoms with E-state index < -0.39 is 0 Å². The second-order valence-corrected chi connectivity index (χ2v) is 3.83. The summed E-state index contributed by atoms with van der Waals surface area (Å²) in [7, 11) is 0. The number of hydrogen-bond acceptors (Lipinski definition) is 4. The average molecular weight is 190 g/mol. The van der Waals surface area contributed by atoms with E-state index >= 15 is 0 Å². The Morgan fingerprint density at radius 3 is 3.07 bits per heavy atom. The van der Waals surface area contributed by atoms with E-state index in [9.17, 15) is 4.79 Å². The van der Waals surface area contributed by atoms with Crippen LogP contribution in [0.3, 0.4) is 0 Å². The van der Waals surface area contributed by atoms with Gasteiger partial charge in [0.1, 0.15) is 5.82 Å². The maximum atomic E-state index is 11.7. The Kier molecular flexibility index (Phi) is 1.34. The van der Waals surface area contributed by atoms with Crippen molar-refractivity contribution in [1.82, 2.24) is 9.97 Å². The third kappa shape index (κ3) is 0.982. The highest BCUT2D eigenvalue weighted by Crippen LogP contribution is 2.46. The molecule has 2 fully saturated rings. The van der Waals surface area contributed by atoms with Crippen LogP contribution in [0.15, 0.2) is 12.3 Å². The normalized spacial score (nSPS) is 29.1. The molecule has 5 nitrogen and oxygen atoms in total. The molecular formula is C9H10N4O. The predicted molar refractivity (Wildman–Crippen MR) is 50.4 cm³/mol. The Balaban J connectivity index is 1.92. The zero-order valence-electron chi connectivity index (χ0n) is 7.55. The molecule has 1 aliphatic heterocycles. The summed E-state index contributed by atoms with van der Waals surface area (Å²) in [6.07, 6.45) is 2.62. The summed E-state index contributed by atoms with van der Waals surface area (Å²) in [5.41, 5.74) is 5.53. The molecule has 0 bridgehead atoms. The molecule has 5 heteroatoms. The van der Waals surface area contributed by atoms with Crippen LogP contribution in [0.4, 0.5) is 11.8 Å². The molecule has 0 spiro atoms. The molecule has 2 aliphatic rings. The van der Waals surface area contributed by atoms with Crippen LogP contribution in [0.1, 0.15) is 6.42 Å². The van der Waals surface area contributed by atoms with E-state index in [0.29, 0.717) is 17.7 Å². The Hall–Kier alpha value is -1.65. The summed E-state index contributed by atoms with van der Waals surface area (Å²) >= 11 is 0. The molecule has 2 N–H and O–H groups in total. The number of nitrogens with zero attached hydrogens (tertiary/aromatic N) is 3. The Morgan fingerprint density at radius 1 is 1.57 bits per heavy atom. The first kappa shape index (κ1) is 7.73. The zero-order chi connectivity index (χ0) is 9.71. The van der Waals surface area contributed by atoms with Gasteiger partial charge in [-0.15, -0.1) is 0 Å². The van der Waals surface area contributed by atoms with Crippen LogP contribution in [0.2, 0.25) is 0 Å². The fourth-order valence-corrected chi connectivity index (χ4v) is 1.95. The van der Waals surface area contributed by atoms with Crippen molar-refractivity contribution in [1.29, 1.82) is 0 Å². The van der Waals surface area contributed by atoms with Gasteiger partial charge in [0.05, 0.1) is 0 Å². The largest absolute Gasteiger partial charge is 0.384 e. The molecule has 2 heterocycles. The number of piperidine rings is 1. The smallest absolute Gasteiger partial charge is 0.234 e. The summed E-state index contributed by atoms with van der Waals surface area (Å²) in [6, 6.07) is 1.62. The zero-order valence-corrected chi connectivity index (χ0v) is 7.55. The Labute approximate surface area is 80.9 Å². The van der Waals surface area contributed by atoms with E-state index in [4.69, 9.17) is 5.73 Å². The molecule has 14 heavy (non-hydrogen) atoms. The lowest BCUT2D eigenvalue weighted by Crippen LogP contribution is -2.29. The standard InChI is InChI=1S/C9H10N4O/c10-7-1-2-11-9(12-7)13-4-5-3-6(5)8(13)14/h1-2,5-6H,3-4H2,(H2,10,11,12)/t5-,6-/m1/s1. The fraction of sp³-hybridized carbons (Fsp3) is 0.444. The average Bonchev–Trinajstić information content (AvgIpc) is 2.86. The lowest BCUT2D eigenvalue weighted by atomic mass is 10.4. The van der Waals surface area contributed by atoms with Crippen LogP contribution >= 0.6 is 0 Å². The number of anilines is 2. The minimum absolute atomic E-state index is 0.153. The molecule has 0 radical (unpaired) electrons. The molecule has 1 aliphatic carbocycles. The number of nitrogen functional groups attached to an aromatic ring is 1. The maximum Gasteiger partial charge on any atom is 0.234 e. The van der Waals surface area contributed by atoms with Crippen molar-refractivity contribution < 1.29 is 4.79 Å². The number of amides is 1. The number of fused-ring (bicyclic) bond motifs is 1. The van der Waals surface area contributed by atoms with Crippen LogP contribution in [-0.4, -0.2) is 22.4 Å². The molecule has 3 rings (SSSR count). The van der Waals surface area contributed by atoms with Crippen LogP contribution < -0.4 is 10.6 Å². The molecule has 1 amide bonds. The Morgan fingerprint density at radius 2 is 2.43 bits per heavy atom. The molecule has 0 unspecified atom stereocenters. The van der Waals surface area contributed by atoms with Gasteiger partial charge in [-0.05, 0) is 18.4 Å². The highest BCUT2D eigenvalue weighted by molar-refractivity contribution is 5.98. The van der Waals surface area contributed by atoms with Crippen LogP contribution in [-0.2, 0) is 4.79 Å². The first-order chi connectivity index (χ1) is 6.75. The quantitative estimate of drug-likeness (QED) is 0.678. The summed E-state index contributed by atoms with van der Waals surface area (Å²) in [6.45, 7) is 0.757. The Bertz CT molecular complexity index is 406. The number of hydrogen-bond donors (Lipinski definition) is 1. The van der Waals surface area contributed by atoms with Gasteiger partial charge in [0.15, 0.2) is 0 Å². The van der Waals surface area contributed by atoms with Crippen molar-refractivity contribution in [3.63, 3.8) is 0 Å². The van der Waals surface area contributed by atoms with E-state index in [1.807, 2.05) is 0 Å². The lowest BCUT2D eigenvalue weighted by Gasteiger charge is -2.15. The first-order valence-electron chi connectivity index (χ1n) is 4.65. The number of carbonyl (C=O) groups excluding carboxylic acids is 1. The topological polar surface area (TPSA) is 72.1 Å². The van der Waals surface area contributed by atoms with Gasteiger partial charge in [0.2, 0.25) is 11.9 Å². The van der Waals surface area contributed by atoms with Crippen LogP contribution in [0.25, 0.3) is 0 Å². The number of aromatic nitrogens is 2. The van der Waals surface area contributed by atoms with Crippen molar-refractivity contribution >= 4 is 17.7 Å². The molecule has 1 saturated carbocycles. The minimum atomic E-state index is 0.153. The summed E-state index contributed by atoms with van der Waals surface area (Å²) in [5, 5.41) is 0. The van der Waals surface area contributed by atoms with Crippen molar-refractivity contribution in [2.75, 3.05) is 17.2 Å². The van der Waals surface area contributed by atoms with Crippen molar-refractivity contribution in [2.45, 2.75) is 6.42 Å². The highest BCUT2D eigenvalue weighted by Gasteiger charge is 2.53. The fourth-order valence-electron chi connectivity index (χ4n) is 1.95. The van der Waals surface area contributed by atoms with E-state index in [1.54, 1.807) is 17.2 Å². The van der Waals surface area contributed by atoms with E-state index in [0.717, 1.165) is 13.0 Å². The SMILES string of the molecule is Nc1ccnc(N2C[C@H]3C[C@H]3C2=O)n1. The second kappa shape index (κ2) is 2.43. The number of rotatable bonds is 1. The molecule has 72 valence electrons. The van der Waals surface area contributed by atoms with Gasteiger partial charge in [0, 0.05) is 18.7 Å². The maximum absolute atomic E-state index is 11.7. The van der Waals surface area contributed by atoms with Gasteiger partial charge < -0.3 is 5.73 Å². The van der Waals surface area contributed by atoms with Gasteiger partial charge in [0.25, 0.3) is 0 Å². The van der Waals surface area contributed by atoms with Gasteiger partial charge in [-0.3, -0.25) is 9.69 Å². The third-order valence-corrected chi connectivity index (χ3v) is 2.83. The lowest BCUT2D eigenvalue weighted by molar-refractivity contribution is -0.118. The first-order valence-corrected chi connectivity index (χ1v) is 4.65. The van der Waals surface area contributed by atoms with Crippen molar-refractivity contribution in [3.05, 3.63) is 12.3 Å².